The number of nitrogens with two attached hydrogens (primary N) is 1. The van der Waals surface area contributed by atoms with E-state index in [2.05, 4.69) is 4.98 Å². The van der Waals surface area contributed by atoms with Crippen molar-refractivity contribution in [1.82, 2.24) is 4.98 Å². The second-order valence-electron chi connectivity index (χ2n) is 5.19. The minimum atomic E-state index is -0.443. The Hall–Kier alpha value is -2.68. The van der Waals surface area contributed by atoms with Gasteiger partial charge in [-0.1, -0.05) is 48.0 Å². The third-order valence-electron chi connectivity index (χ3n) is 3.66. The Morgan fingerprint density at radius 3 is 2.33 bits per heavy atom. The third kappa shape index (κ3) is 2.27. The lowest BCUT2D eigenvalue weighted by Gasteiger charge is -2.13. The summed E-state index contributed by atoms with van der Waals surface area (Å²) in [5.74, 6) is -0.443. The van der Waals surface area contributed by atoms with Gasteiger partial charge in [-0.15, -0.1) is 0 Å². The molecule has 2 N–H and O–H groups in total. The molecule has 0 spiro atoms. The minimum Gasteiger partial charge on any atom is -0.366 e. The van der Waals surface area contributed by atoms with Crippen LogP contribution in [-0.2, 0) is 0 Å². The highest BCUT2D eigenvalue weighted by Gasteiger charge is 2.17. The van der Waals surface area contributed by atoms with Crippen molar-refractivity contribution < 1.29 is 4.79 Å². The maximum absolute atomic E-state index is 11.9. The molecule has 104 valence electrons. The van der Waals surface area contributed by atoms with Crippen molar-refractivity contribution in [3.63, 3.8) is 0 Å². The van der Waals surface area contributed by atoms with Crippen LogP contribution in [0.4, 0.5) is 0 Å². The van der Waals surface area contributed by atoms with Crippen LogP contribution in [-0.4, -0.2) is 10.9 Å². The van der Waals surface area contributed by atoms with Gasteiger partial charge in [0.05, 0.1) is 16.8 Å². The van der Waals surface area contributed by atoms with E-state index >= 15 is 0 Å². The first kappa shape index (κ1) is 13.3. The summed E-state index contributed by atoms with van der Waals surface area (Å²) >= 11 is 0. The molecule has 1 amide bonds. The first-order valence-electron chi connectivity index (χ1n) is 6.84. The number of primary amides is 1. The zero-order valence-corrected chi connectivity index (χ0v) is 12.1. The number of hydrogen-bond acceptors (Lipinski definition) is 2. The Labute approximate surface area is 123 Å². The summed E-state index contributed by atoms with van der Waals surface area (Å²) in [4.78, 5) is 16.4. The number of amides is 1. The van der Waals surface area contributed by atoms with Crippen LogP contribution in [0.1, 0.15) is 21.6 Å². The monoisotopic (exact) mass is 276 g/mol. The van der Waals surface area contributed by atoms with Gasteiger partial charge in [-0.2, -0.15) is 0 Å². The molecule has 0 radical (unpaired) electrons. The molecule has 3 rings (SSSR count). The second-order valence-corrected chi connectivity index (χ2v) is 5.19. The maximum atomic E-state index is 11.9. The van der Waals surface area contributed by atoms with Gasteiger partial charge in [0.2, 0.25) is 0 Å². The van der Waals surface area contributed by atoms with Crippen LogP contribution in [0.5, 0.6) is 0 Å². The summed E-state index contributed by atoms with van der Waals surface area (Å²) in [5.41, 5.74) is 10.7. The minimum absolute atomic E-state index is 0.443. The molecule has 0 atom stereocenters. The number of fused-ring (bicyclic) bond motifs is 1. The van der Waals surface area contributed by atoms with E-state index in [1.807, 2.05) is 62.4 Å². The van der Waals surface area contributed by atoms with Gasteiger partial charge in [0.1, 0.15) is 0 Å². The van der Waals surface area contributed by atoms with Crippen LogP contribution >= 0.6 is 0 Å². The molecule has 3 aromatic rings. The van der Waals surface area contributed by atoms with Gasteiger partial charge in [-0.25, -0.2) is 0 Å². The largest absolute Gasteiger partial charge is 0.366 e. The van der Waals surface area contributed by atoms with Crippen molar-refractivity contribution in [2.24, 2.45) is 5.73 Å². The lowest BCUT2D eigenvalue weighted by molar-refractivity contribution is 0.1000. The number of carbonyl (C=O) groups is 1. The van der Waals surface area contributed by atoms with Crippen molar-refractivity contribution >= 4 is 16.8 Å². The lowest BCUT2D eigenvalue weighted by atomic mass is 9.93. The van der Waals surface area contributed by atoms with Gasteiger partial charge in [0, 0.05) is 10.9 Å². The van der Waals surface area contributed by atoms with E-state index in [9.17, 15) is 4.79 Å². The highest BCUT2D eigenvalue weighted by Crippen LogP contribution is 2.32. The lowest BCUT2D eigenvalue weighted by Crippen LogP contribution is -2.15. The van der Waals surface area contributed by atoms with Crippen molar-refractivity contribution in [3.8, 4) is 11.1 Å². The predicted octanol–water partition coefficient (Wildman–Crippen LogP) is 3.62. The Morgan fingerprint density at radius 2 is 1.67 bits per heavy atom. The zero-order chi connectivity index (χ0) is 15.0. The zero-order valence-electron chi connectivity index (χ0n) is 12.1. The first-order chi connectivity index (χ1) is 10.1. The Kier molecular flexibility index (Phi) is 3.18. The molecule has 0 aliphatic heterocycles. The molecule has 2 aromatic carbocycles. The van der Waals surface area contributed by atoms with E-state index in [0.29, 0.717) is 11.3 Å². The highest BCUT2D eigenvalue weighted by molar-refractivity contribution is 6.09. The van der Waals surface area contributed by atoms with Crippen LogP contribution in [0, 0.1) is 13.8 Å². The Balaban J connectivity index is 2.44. The SMILES string of the molecule is Cc1ccc(-c2c(C(N)=O)c(C)nc3ccccc23)cc1. The average Bonchev–Trinajstić information content (AvgIpc) is 2.46. The van der Waals surface area contributed by atoms with Crippen LogP contribution in [0.3, 0.4) is 0 Å². The van der Waals surface area contributed by atoms with E-state index in [1.165, 1.54) is 5.56 Å². The number of aromatic nitrogens is 1. The fourth-order valence-electron chi connectivity index (χ4n) is 2.66. The van der Waals surface area contributed by atoms with E-state index in [0.717, 1.165) is 22.0 Å². The molecule has 21 heavy (non-hydrogen) atoms. The molecular formula is C18H16N2O. The Morgan fingerprint density at radius 1 is 1.00 bits per heavy atom. The molecule has 3 nitrogen and oxygen atoms in total. The molecule has 0 unspecified atom stereocenters. The van der Waals surface area contributed by atoms with Crippen LogP contribution in [0.25, 0.3) is 22.0 Å². The smallest absolute Gasteiger partial charge is 0.251 e. The number of aryl methyl sites for hydroxylation is 2. The van der Waals surface area contributed by atoms with Crippen molar-refractivity contribution in [2.75, 3.05) is 0 Å². The summed E-state index contributed by atoms with van der Waals surface area (Å²) in [5, 5.41) is 0.945. The molecule has 0 aliphatic rings. The molecule has 0 bridgehead atoms. The molecule has 0 saturated carbocycles. The van der Waals surface area contributed by atoms with Gasteiger partial charge in [0.15, 0.2) is 0 Å². The molecular weight excluding hydrogens is 260 g/mol. The molecule has 3 heteroatoms. The van der Waals surface area contributed by atoms with Crippen molar-refractivity contribution in [1.29, 1.82) is 0 Å². The number of carbonyl (C=O) groups excluding carboxylic acids is 1. The Bertz CT molecular complexity index is 836. The maximum Gasteiger partial charge on any atom is 0.251 e. The summed E-state index contributed by atoms with van der Waals surface area (Å²) in [7, 11) is 0. The van der Waals surface area contributed by atoms with Gasteiger partial charge < -0.3 is 5.73 Å². The molecule has 0 aliphatic carbocycles. The number of pyridine rings is 1. The predicted molar refractivity (Wildman–Crippen MR) is 85.2 cm³/mol. The molecule has 1 heterocycles. The van der Waals surface area contributed by atoms with Gasteiger partial charge in [-0.05, 0) is 25.5 Å². The number of rotatable bonds is 2. The van der Waals surface area contributed by atoms with E-state index < -0.39 is 5.91 Å². The van der Waals surface area contributed by atoms with Gasteiger partial charge in [0.25, 0.3) is 5.91 Å². The fraction of sp³-hybridized carbons (Fsp3) is 0.111. The first-order valence-corrected chi connectivity index (χ1v) is 6.84. The van der Waals surface area contributed by atoms with Gasteiger partial charge >= 0.3 is 0 Å². The summed E-state index contributed by atoms with van der Waals surface area (Å²) in [6.07, 6.45) is 0. The summed E-state index contributed by atoms with van der Waals surface area (Å²) in [6.45, 7) is 3.86. The number of para-hydroxylation sites is 1. The molecule has 0 fully saturated rings. The van der Waals surface area contributed by atoms with E-state index in [4.69, 9.17) is 5.73 Å². The quantitative estimate of drug-likeness (QED) is 0.777. The summed E-state index contributed by atoms with van der Waals surface area (Å²) in [6, 6.07) is 15.9. The van der Waals surface area contributed by atoms with Crippen LogP contribution < -0.4 is 5.73 Å². The van der Waals surface area contributed by atoms with E-state index in [1.54, 1.807) is 0 Å². The number of benzene rings is 2. The van der Waals surface area contributed by atoms with Crippen molar-refractivity contribution in [2.45, 2.75) is 13.8 Å². The van der Waals surface area contributed by atoms with Gasteiger partial charge in [-0.3, -0.25) is 9.78 Å². The number of nitrogens with zero attached hydrogens (tertiary/aromatic N) is 1. The normalized spacial score (nSPS) is 10.8. The van der Waals surface area contributed by atoms with E-state index in [-0.39, 0.29) is 0 Å². The standard InChI is InChI=1S/C18H16N2O/c1-11-7-9-13(10-8-11)17-14-5-3-4-6-15(14)20-12(2)16(17)18(19)21/h3-10H,1-2H3,(H2,19,21). The van der Waals surface area contributed by atoms with Crippen molar-refractivity contribution in [3.05, 3.63) is 65.4 Å². The topological polar surface area (TPSA) is 56.0 Å². The average molecular weight is 276 g/mol. The molecule has 1 aromatic heterocycles. The number of hydrogen-bond donors (Lipinski definition) is 1. The second kappa shape index (κ2) is 5.02. The fourth-order valence-corrected chi connectivity index (χ4v) is 2.66. The summed E-state index contributed by atoms with van der Waals surface area (Å²) < 4.78 is 0. The third-order valence-corrected chi connectivity index (χ3v) is 3.66. The van der Waals surface area contributed by atoms with Crippen LogP contribution in [0.2, 0.25) is 0 Å². The highest BCUT2D eigenvalue weighted by atomic mass is 16.1. The molecule has 0 saturated heterocycles. The van der Waals surface area contributed by atoms with Crippen LogP contribution in [0.15, 0.2) is 48.5 Å².